The molecule has 98 valence electrons. The lowest BCUT2D eigenvalue weighted by atomic mass is 10.1. The molecule has 1 aliphatic rings. The molecule has 5 nitrogen and oxygen atoms in total. The fraction of sp³-hybridized carbons (Fsp3) is 0.500. The van der Waals surface area contributed by atoms with Gasteiger partial charge in [-0.3, -0.25) is 9.59 Å². The van der Waals surface area contributed by atoms with Gasteiger partial charge in [-0.2, -0.15) is 0 Å². The number of anilines is 1. The van der Waals surface area contributed by atoms with E-state index in [1.807, 2.05) is 4.90 Å². The van der Waals surface area contributed by atoms with Gasteiger partial charge in [-0.1, -0.05) is 0 Å². The maximum absolute atomic E-state index is 11.8. The van der Waals surface area contributed by atoms with E-state index >= 15 is 0 Å². The average Bonchev–Trinajstić information content (AvgIpc) is 2.83. The van der Waals surface area contributed by atoms with E-state index in [0.717, 1.165) is 25.9 Å². The van der Waals surface area contributed by atoms with E-state index in [9.17, 15) is 9.59 Å². The second kappa shape index (κ2) is 5.86. The highest BCUT2D eigenvalue weighted by Gasteiger charge is 2.18. The number of nitrogens with two attached hydrogens (primary N) is 1. The molecule has 1 saturated heterocycles. The van der Waals surface area contributed by atoms with Gasteiger partial charge in [0.05, 0.1) is 12.2 Å². The zero-order valence-corrected chi connectivity index (χ0v) is 11.0. The molecule has 6 heteroatoms. The lowest BCUT2D eigenvalue weighted by Gasteiger charge is -2.26. The van der Waals surface area contributed by atoms with Crippen LogP contribution in [0.2, 0.25) is 0 Å². The summed E-state index contributed by atoms with van der Waals surface area (Å²) in [4.78, 5) is 25.9. The predicted octanol–water partition coefficient (Wildman–Crippen LogP) is 1.07. The van der Waals surface area contributed by atoms with E-state index in [1.54, 1.807) is 11.4 Å². The van der Waals surface area contributed by atoms with Crippen LogP contribution in [0.4, 0.5) is 5.69 Å². The molecule has 0 aliphatic carbocycles. The highest BCUT2D eigenvalue weighted by Crippen LogP contribution is 2.18. The van der Waals surface area contributed by atoms with E-state index in [0.29, 0.717) is 10.6 Å². The summed E-state index contributed by atoms with van der Waals surface area (Å²) in [6.07, 6.45) is 3.29. The van der Waals surface area contributed by atoms with Gasteiger partial charge >= 0.3 is 0 Å². The molecule has 0 radical (unpaired) electrons. The number of hydrogen-bond donors (Lipinski definition) is 2. The summed E-state index contributed by atoms with van der Waals surface area (Å²) in [5.41, 5.74) is 6.11. The van der Waals surface area contributed by atoms with Gasteiger partial charge in [0, 0.05) is 13.1 Å². The number of nitrogens with zero attached hydrogens (tertiary/aromatic N) is 1. The van der Waals surface area contributed by atoms with E-state index in [4.69, 9.17) is 5.73 Å². The minimum absolute atomic E-state index is 0.0156. The fourth-order valence-corrected chi connectivity index (χ4v) is 2.73. The van der Waals surface area contributed by atoms with Crippen molar-refractivity contribution in [2.24, 2.45) is 0 Å². The first-order valence-corrected chi connectivity index (χ1v) is 6.95. The van der Waals surface area contributed by atoms with Crippen molar-refractivity contribution in [3.8, 4) is 0 Å². The molecule has 1 fully saturated rings. The maximum Gasteiger partial charge on any atom is 0.263 e. The Morgan fingerprint density at radius 1 is 1.33 bits per heavy atom. The zero-order valence-electron chi connectivity index (χ0n) is 10.1. The lowest BCUT2D eigenvalue weighted by molar-refractivity contribution is -0.130. The van der Waals surface area contributed by atoms with Gasteiger partial charge in [0.2, 0.25) is 5.91 Å². The minimum Gasteiger partial charge on any atom is -0.397 e. The number of hydrogen-bond acceptors (Lipinski definition) is 4. The number of likely N-dealkylation sites (tertiary alicyclic amines) is 1. The molecule has 18 heavy (non-hydrogen) atoms. The summed E-state index contributed by atoms with van der Waals surface area (Å²) in [5.74, 6) is -0.286. The Hall–Kier alpha value is -1.56. The SMILES string of the molecule is Nc1ccsc1C(=O)NCC(=O)N1CCCCC1. The fourth-order valence-electron chi connectivity index (χ4n) is 1.99. The van der Waals surface area contributed by atoms with E-state index in [1.165, 1.54) is 17.8 Å². The Bertz CT molecular complexity index is 438. The molecule has 0 spiro atoms. The Labute approximate surface area is 110 Å². The molecule has 2 amide bonds. The number of piperidine rings is 1. The van der Waals surface area contributed by atoms with E-state index in [2.05, 4.69) is 5.32 Å². The van der Waals surface area contributed by atoms with Crippen LogP contribution in [-0.4, -0.2) is 36.3 Å². The van der Waals surface area contributed by atoms with Crippen LogP contribution in [0.15, 0.2) is 11.4 Å². The van der Waals surface area contributed by atoms with Gasteiger partial charge in [-0.05, 0) is 30.7 Å². The van der Waals surface area contributed by atoms with Crippen molar-refractivity contribution >= 4 is 28.8 Å². The Morgan fingerprint density at radius 2 is 2.06 bits per heavy atom. The van der Waals surface area contributed by atoms with Crippen LogP contribution in [0.1, 0.15) is 28.9 Å². The molecule has 1 aromatic heterocycles. The maximum atomic E-state index is 11.8. The highest BCUT2D eigenvalue weighted by molar-refractivity contribution is 7.12. The van der Waals surface area contributed by atoms with Crippen LogP contribution in [0.3, 0.4) is 0 Å². The van der Waals surface area contributed by atoms with Crippen LogP contribution in [0.25, 0.3) is 0 Å². The summed E-state index contributed by atoms with van der Waals surface area (Å²) in [6.45, 7) is 1.65. The summed E-state index contributed by atoms with van der Waals surface area (Å²) in [5, 5.41) is 4.38. The van der Waals surface area contributed by atoms with Gasteiger partial charge in [0.15, 0.2) is 0 Å². The average molecular weight is 267 g/mol. The Balaban J connectivity index is 1.82. The van der Waals surface area contributed by atoms with Crippen LogP contribution < -0.4 is 11.1 Å². The molecule has 0 saturated carbocycles. The van der Waals surface area contributed by atoms with Gasteiger partial charge in [0.1, 0.15) is 4.88 Å². The van der Waals surface area contributed by atoms with Crippen molar-refractivity contribution in [1.29, 1.82) is 0 Å². The highest BCUT2D eigenvalue weighted by atomic mass is 32.1. The molecule has 0 unspecified atom stereocenters. The van der Waals surface area contributed by atoms with Crippen molar-refractivity contribution in [2.45, 2.75) is 19.3 Å². The van der Waals surface area contributed by atoms with Crippen LogP contribution in [0, 0.1) is 0 Å². The molecule has 3 N–H and O–H groups in total. The third kappa shape index (κ3) is 3.01. The summed E-state index contributed by atoms with van der Waals surface area (Å²) in [7, 11) is 0. The van der Waals surface area contributed by atoms with E-state index in [-0.39, 0.29) is 18.4 Å². The number of carbonyl (C=O) groups is 2. The third-order valence-electron chi connectivity index (χ3n) is 3.01. The second-order valence-electron chi connectivity index (χ2n) is 4.33. The molecular weight excluding hydrogens is 250 g/mol. The number of carbonyl (C=O) groups excluding carboxylic acids is 2. The van der Waals surface area contributed by atoms with Gasteiger partial charge in [-0.25, -0.2) is 0 Å². The number of thiophene rings is 1. The van der Waals surface area contributed by atoms with Crippen LogP contribution >= 0.6 is 11.3 Å². The number of nitrogen functional groups attached to an aromatic ring is 1. The molecule has 2 rings (SSSR count). The van der Waals surface area contributed by atoms with Gasteiger partial charge < -0.3 is 16.0 Å². The molecule has 0 atom stereocenters. The second-order valence-corrected chi connectivity index (χ2v) is 5.25. The first-order valence-electron chi connectivity index (χ1n) is 6.07. The van der Waals surface area contributed by atoms with Crippen molar-refractivity contribution in [2.75, 3.05) is 25.4 Å². The normalized spacial score (nSPS) is 15.4. The lowest BCUT2D eigenvalue weighted by Crippen LogP contribution is -2.42. The molecule has 1 aliphatic heterocycles. The Kier molecular flexibility index (Phi) is 4.19. The Morgan fingerprint density at radius 3 is 2.67 bits per heavy atom. The standard InChI is InChI=1S/C12H17N3O2S/c13-9-4-7-18-11(9)12(17)14-8-10(16)15-5-2-1-3-6-15/h4,7H,1-3,5-6,8,13H2,(H,14,17). The predicted molar refractivity (Wildman–Crippen MR) is 71.5 cm³/mol. The van der Waals surface area contributed by atoms with Crippen LogP contribution in [-0.2, 0) is 4.79 Å². The molecular formula is C12H17N3O2S. The van der Waals surface area contributed by atoms with Crippen LogP contribution in [0.5, 0.6) is 0 Å². The topological polar surface area (TPSA) is 75.4 Å². The summed E-state index contributed by atoms with van der Waals surface area (Å²) < 4.78 is 0. The third-order valence-corrected chi connectivity index (χ3v) is 3.94. The van der Waals surface area contributed by atoms with Gasteiger partial charge in [0.25, 0.3) is 5.91 Å². The van der Waals surface area contributed by atoms with E-state index < -0.39 is 0 Å². The molecule has 0 aromatic carbocycles. The van der Waals surface area contributed by atoms with Gasteiger partial charge in [-0.15, -0.1) is 11.3 Å². The smallest absolute Gasteiger partial charge is 0.263 e. The summed E-state index contributed by atoms with van der Waals surface area (Å²) >= 11 is 1.28. The quantitative estimate of drug-likeness (QED) is 0.860. The first kappa shape index (κ1) is 12.9. The summed E-state index contributed by atoms with van der Waals surface area (Å²) in [6, 6.07) is 1.69. The number of rotatable bonds is 3. The van der Waals surface area contributed by atoms with Crippen molar-refractivity contribution in [3.63, 3.8) is 0 Å². The largest absolute Gasteiger partial charge is 0.397 e. The minimum atomic E-state index is -0.271. The molecule has 2 heterocycles. The van der Waals surface area contributed by atoms with Crippen molar-refractivity contribution < 1.29 is 9.59 Å². The first-order chi connectivity index (χ1) is 8.68. The number of amides is 2. The monoisotopic (exact) mass is 267 g/mol. The molecule has 1 aromatic rings. The van der Waals surface area contributed by atoms with Crippen molar-refractivity contribution in [1.82, 2.24) is 10.2 Å². The zero-order chi connectivity index (χ0) is 13.0. The van der Waals surface area contributed by atoms with Crippen molar-refractivity contribution in [3.05, 3.63) is 16.3 Å². The molecule has 0 bridgehead atoms. The number of nitrogens with one attached hydrogen (secondary N) is 1.